The lowest BCUT2D eigenvalue weighted by atomic mass is 9.82. The zero-order chi connectivity index (χ0) is 14.0. The van der Waals surface area contributed by atoms with Crippen LogP contribution in [0.5, 0.6) is 0 Å². The molecule has 2 N–H and O–H groups in total. The van der Waals surface area contributed by atoms with E-state index in [1.165, 1.54) is 0 Å². The summed E-state index contributed by atoms with van der Waals surface area (Å²) in [6.07, 6.45) is 1.77. The first-order chi connectivity index (χ1) is 8.91. The smallest absolute Gasteiger partial charge is 0.232 e. The third kappa shape index (κ3) is 3.66. The molecule has 3 nitrogen and oxygen atoms in total. The molecular formula is C15H22Cl2N2O. The highest BCUT2D eigenvalue weighted by Gasteiger charge is 2.35. The van der Waals surface area contributed by atoms with Gasteiger partial charge in [0.1, 0.15) is 0 Å². The quantitative estimate of drug-likeness (QED) is 0.911. The second-order valence-electron chi connectivity index (χ2n) is 5.76. The maximum atomic E-state index is 12.7. The Morgan fingerprint density at radius 2 is 1.95 bits per heavy atom. The lowest BCUT2D eigenvalue weighted by molar-refractivity contribution is -0.137. The van der Waals surface area contributed by atoms with Crippen molar-refractivity contribution in [3.63, 3.8) is 0 Å². The van der Waals surface area contributed by atoms with Crippen LogP contribution in [0.15, 0.2) is 24.3 Å². The Labute approximate surface area is 131 Å². The summed E-state index contributed by atoms with van der Waals surface area (Å²) in [5.74, 6) is 0.154. The topological polar surface area (TPSA) is 46.3 Å². The number of likely N-dealkylation sites (tertiary alicyclic amines) is 1. The fourth-order valence-electron chi connectivity index (χ4n) is 2.50. The van der Waals surface area contributed by atoms with E-state index in [9.17, 15) is 4.79 Å². The van der Waals surface area contributed by atoms with Crippen molar-refractivity contribution in [3.05, 3.63) is 34.9 Å². The van der Waals surface area contributed by atoms with Gasteiger partial charge in [0.25, 0.3) is 0 Å². The molecule has 0 aromatic heterocycles. The zero-order valence-electron chi connectivity index (χ0n) is 11.9. The summed E-state index contributed by atoms with van der Waals surface area (Å²) in [7, 11) is 0. The average Bonchev–Trinajstić information content (AvgIpc) is 2.39. The molecule has 0 atom stereocenters. The zero-order valence-corrected chi connectivity index (χ0v) is 13.5. The number of hydrogen-bond acceptors (Lipinski definition) is 2. The van der Waals surface area contributed by atoms with Crippen molar-refractivity contribution in [1.29, 1.82) is 0 Å². The van der Waals surface area contributed by atoms with E-state index in [2.05, 4.69) is 0 Å². The molecule has 1 fully saturated rings. The SMILES string of the molecule is CC(C)(C(=O)N1CCC(N)CC1)c1cccc(Cl)c1.Cl. The highest BCUT2D eigenvalue weighted by molar-refractivity contribution is 6.30. The Kier molecular flexibility index (Phi) is 5.87. The molecule has 1 aliphatic rings. The third-order valence-corrected chi connectivity index (χ3v) is 4.14. The number of nitrogens with two attached hydrogens (primary N) is 1. The van der Waals surface area contributed by atoms with Crippen LogP contribution in [0.4, 0.5) is 0 Å². The Morgan fingerprint density at radius 3 is 2.50 bits per heavy atom. The number of benzene rings is 1. The predicted molar refractivity (Wildman–Crippen MR) is 85.5 cm³/mol. The normalized spacial score (nSPS) is 16.7. The minimum atomic E-state index is -0.549. The molecule has 0 saturated carbocycles. The standard InChI is InChI=1S/C15H21ClN2O.ClH/c1-15(2,11-4-3-5-12(16)10-11)14(19)18-8-6-13(17)7-9-18;/h3-5,10,13H,6-9,17H2,1-2H3;1H. The minimum Gasteiger partial charge on any atom is -0.342 e. The number of rotatable bonds is 2. The van der Waals surface area contributed by atoms with Crippen LogP contribution in [0.2, 0.25) is 5.02 Å². The van der Waals surface area contributed by atoms with Gasteiger partial charge in [-0.2, -0.15) is 0 Å². The van der Waals surface area contributed by atoms with Crippen molar-refractivity contribution in [1.82, 2.24) is 4.90 Å². The van der Waals surface area contributed by atoms with Crippen molar-refractivity contribution in [2.24, 2.45) is 5.73 Å². The van der Waals surface area contributed by atoms with Crippen molar-refractivity contribution in [2.45, 2.75) is 38.1 Å². The highest BCUT2D eigenvalue weighted by atomic mass is 35.5. The lowest BCUT2D eigenvalue weighted by Gasteiger charge is -2.36. The van der Waals surface area contributed by atoms with Gasteiger partial charge in [0.15, 0.2) is 0 Å². The van der Waals surface area contributed by atoms with Gasteiger partial charge in [0.2, 0.25) is 5.91 Å². The molecule has 0 unspecified atom stereocenters. The van der Waals surface area contributed by atoms with Crippen molar-refractivity contribution in [3.8, 4) is 0 Å². The number of halogens is 2. The number of piperidine rings is 1. The first-order valence-electron chi connectivity index (χ1n) is 6.72. The molecule has 5 heteroatoms. The second-order valence-corrected chi connectivity index (χ2v) is 6.20. The monoisotopic (exact) mass is 316 g/mol. The number of carbonyl (C=O) groups is 1. The molecule has 1 aromatic carbocycles. The van der Waals surface area contributed by atoms with Crippen LogP contribution in [0.25, 0.3) is 0 Å². The lowest BCUT2D eigenvalue weighted by Crippen LogP contribution is -2.49. The summed E-state index contributed by atoms with van der Waals surface area (Å²) >= 11 is 6.02. The Morgan fingerprint density at radius 1 is 1.35 bits per heavy atom. The summed E-state index contributed by atoms with van der Waals surface area (Å²) < 4.78 is 0. The summed E-state index contributed by atoms with van der Waals surface area (Å²) in [6.45, 7) is 5.42. The van der Waals surface area contributed by atoms with Crippen LogP contribution in [0.1, 0.15) is 32.3 Å². The molecule has 0 spiro atoms. The van der Waals surface area contributed by atoms with Crippen LogP contribution >= 0.6 is 24.0 Å². The van der Waals surface area contributed by atoms with E-state index in [-0.39, 0.29) is 24.4 Å². The van der Waals surface area contributed by atoms with E-state index in [1.807, 2.05) is 43.0 Å². The Balaban J connectivity index is 0.00000200. The molecule has 1 saturated heterocycles. The number of nitrogens with zero attached hydrogens (tertiary/aromatic N) is 1. The van der Waals surface area contributed by atoms with Gasteiger partial charge in [-0.15, -0.1) is 12.4 Å². The summed E-state index contributed by atoms with van der Waals surface area (Å²) in [4.78, 5) is 14.6. The predicted octanol–water partition coefficient (Wildman–Crippen LogP) is 2.99. The first kappa shape index (κ1) is 17.3. The van der Waals surface area contributed by atoms with Crippen molar-refractivity contribution >= 4 is 29.9 Å². The highest BCUT2D eigenvalue weighted by Crippen LogP contribution is 2.28. The Bertz CT molecular complexity index is 469. The number of amides is 1. The van der Waals surface area contributed by atoms with Crippen LogP contribution in [0.3, 0.4) is 0 Å². The van der Waals surface area contributed by atoms with E-state index in [4.69, 9.17) is 17.3 Å². The Hall–Kier alpha value is -0.770. The van der Waals surface area contributed by atoms with E-state index in [0.717, 1.165) is 31.5 Å². The van der Waals surface area contributed by atoms with E-state index in [1.54, 1.807) is 0 Å². The van der Waals surface area contributed by atoms with E-state index >= 15 is 0 Å². The summed E-state index contributed by atoms with van der Waals surface area (Å²) in [5.41, 5.74) is 6.29. The summed E-state index contributed by atoms with van der Waals surface area (Å²) in [5, 5.41) is 0.666. The van der Waals surface area contributed by atoms with Gasteiger partial charge in [0.05, 0.1) is 5.41 Å². The second kappa shape index (κ2) is 6.79. The molecule has 20 heavy (non-hydrogen) atoms. The van der Waals surface area contributed by atoms with Crippen LogP contribution in [0, 0.1) is 0 Å². The van der Waals surface area contributed by atoms with Gasteiger partial charge in [-0.05, 0) is 44.4 Å². The van der Waals surface area contributed by atoms with Gasteiger partial charge < -0.3 is 10.6 Å². The largest absolute Gasteiger partial charge is 0.342 e. The minimum absolute atomic E-state index is 0. The summed E-state index contributed by atoms with van der Waals surface area (Å²) in [6, 6.07) is 7.78. The van der Waals surface area contributed by atoms with Crippen molar-refractivity contribution < 1.29 is 4.79 Å². The molecule has 0 radical (unpaired) electrons. The van der Waals surface area contributed by atoms with Crippen LogP contribution in [-0.2, 0) is 10.2 Å². The molecule has 112 valence electrons. The van der Waals surface area contributed by atoms with Gasteiger partial charge in [-0.1, -0.05) is 23.7 Å². The average molecular weight is 317 g/mol. The molecule has 2 rings (SSSR count). The van der Waals surface area contributed by atoms with Crippen LogP contribution in [-0.4, -0.2) is 29.9 Å². The molecule has 1 heterocycles. The maximum absolute atomic E-state index is 12.7. The fourth-order valence-corrected chi connectivity index (χ4v) is 2.69. The van der Waals surface area contributed by atoms with Gasteiger partial charge in [-0.3, -0.25) is 4.79 Å². The molecule has 0 bridgehead atoms. The van der Waals surface area contributed by atoms with E-state index in [0.29, 0.717) is 5.02 Å². The molecule has 1 aromatic rings. The van der Waals surface area contributed by atoms with Gasteiger partial charge in [-0.25, -0.2) is 0 Å². The van der Waals surface area contributed by atoms with Gasteiger partial charge in [0, 0.05) is 24.2 Å². The molecule has 1 aliphatic heterocycles. The number of carbonyl (C=O) groups excluding carboxylic acids is 1. The molecular weight excluding hydrogens is 295 g/mol. The van der Waals surface area contributed by atoms with Crippen molar-refractivity contribution in [2.75, 3.05) is 13.1 Å². The van der Waals surface area contributed by atoms with E-state index < -0.39 is 5.41 Å². The fraction of sp³-hybridized carbons (Fsp3) is 0.533. The first-order valence-corrected chi connectivity index (χ1v) is 7.10. The van der Waals surface area contributed by atoms with Gasteiger partial charge >= 0.3 is 0 Å². The number of hydrogen-bond donors (Lipinski definition) is 1. The molecule has 0 aliphatic carbocycles. The third-order valence-electron chi connectivity index (χ3n) is 3.91. The van der Waals surface area contributed by atoms with Crippen LogP contribution < -0.4 is 5.73 Å². The maximum Gasteiger partial charge on any atom is 0.232 e. The molecule has 1 amide bonds.